The van der Waals surface area contributed by atoms with Gasteiger partial charge in [-0.05, 0) is 35.0 Å². The molecule has 0 amide bonds. The maximum absolute atomic E-state index is 11.4. The van der Waals surface area contributed by atoms with E-state index in [0.717, 1.165) is 10.8 Å². The first-order chi connectivity index (χ1) is 7.61. The molecule has 0 spiro atoms. The number of nitrogens with two attached hydrogens (primary N) is 1. The monoisotopic (exact) mass is 271 g/mol. The van der Waals surface area contributed by atoms with Gasteiger partial charge in [0.15, 0.2) is 0 Å². The van der Waals surface area contributed by atoms with Crippen LogP contribution in [0, 0.1) is 0 Å². The summed E-state index contributed by atoms with van der Waals surface area (Å²) in [5, 5.41) is 2.44. The van der Waals surface area contributed by atoms with Crippen LogP contribution in [0.1, 0.15) is 10.4 Å². The first kappa shape index (κ1) is 13.6. The van der Waals surface area contributed by atoms with Gasteiger partial charge in [-0.15, -0.1) is 12.4 Å². The predicted octanol–water partition coefficient (Wildman–Crippen LogP) is 3.28. The van der Waals surface area contributed by atoms with Crippen LogP contribution >= 0.6 is 24.0 Å². The van der Waals surface area contributed by atoms with Crippen LogP contribution in [0.15, 0.2) is 30.3 Å². The zero-order valence-corrected chi connectivity index (χ0v) is 10.6. The van der Waals surface area contributed by atoms with Crippen LogP contribution in [-0.2, 0) is 4.74 Å². The Balaban J connectivity index is 0.00000144. The van der Waals surface area contributed by atoms with Crippen molar-refractivity contribution >= 4 is 46.4 Å². The van der Waals surface area contributed by atoms with Crippen molar-refractivity contribution in [3.63, 3.8) is 0 Å². The zero-order valence-electron chi connectivity index (χ0n) is 9.07. The summed E-state index contributed by atoms with van der Waals surface area (Å²) in [7, 11) is 1.33. The molecular formula is C12H11Cl2NO2. The molecule has 0 fully saturated rings. The van der Waals surface area contributed by atoms with Crippen molar-refractivity contribution in [2.75, 3.05) is 12.8 Å². The fraction of sp³-hybridized carbons (Fsp3) is 0.0833. The molecule has 2 N–H and O–H groups in total. The summed E-state index contributed by atoms with van der Waals surface area (Å²) in [6.45, 7) is 0. The maximum Gasteiger partial charge on any atom is 0.339 e. The minimum absolute atomic E-state index is 0. The SMILES string of the molecule is COC(=O)c1cc2ccc(Cl)cc2cc1N.Cl. The third-order valence-electron chi connectivity index (χ3n) is 2.38. The molecule has 0 aliphatic carbocycles. The van der Waals surface area contributed by atoms with Crippen molar-refractivity contribution < 1.29 is 9.53 Å². The van der Waals surface area contributed by atoms with Crippen LogP contribution in [0.4, 0.5) is 5.69 Å². The van der Waals surface area contributed by atoms with E-state index in [2.05, 4.69) is 4.74 Å². The lowest BCUT2D eigenvalue weighted by Gasteiger charge is -2.06. The number of halogens is 2. The largest absolute Gasteiger partial charge is 0.465 e. The summed E-state index contributed by atoms with van der Waals surface area (Å²) in [6, 6.07) is 8.82. The molecule has 0 bridgehead atoms. The van der Waals surface area contributed by atoms with E-state index in [1.165, 1.54) is 7.11 Å². The first-order valence-electron chi connectivity index (χ1n) is 4.69. The van der Waals surface area contributed by atoms with E-state index in [9.17, 15) is 4.79 Å². The minimum Gasteiger partial charge on any atom is -0.465 e. The van der Waals surface area contributed by atoms with Gasteiger partial charge < -0.3 is 10.5 Å². The molecule has 0 aliphatic heterocycles. The Kier molecular flexibility index (Phi) is 4.21. The van der Waals surface area contributed by atoms with E-state index in [0.29, 0.717) is 16.3 Å². The molecule has 90 valence electrons. The molecule has 2 rings (SSSR count). The Labute approximate surface area is 110 Å². The third-order valence-corrected chi connectivity index (χ3v) is 2.61. The van der Waals surface area contributed by atoms with E-state index in [4.69, 9.17) is 17.3 Å². The number of carbonyl (C=O) groups is 1. The van der Waals surface area contributed by atoms with Gasteiger partial charge >= 0.3 is 5.97 Å². The van der Waals surface area contributed by atoms with E-state index < -0.39 is 5.97 Å². The van der Waals surface area contributed by atoms with E-state index in [-0.39, 0.29) is 12.4 Å². The smallest absolute Gasteiger partial charge is 0.339 e. The maximum atomic E-state index is 11.4. The van der Waals surface area contributed by atoms with Gasteiger partial charge in [0.1, 0.15) is 0 Å². The summed E-state index contributed by atoms with van der Waals surface area (Å²) >= 11 is 5.87. The van der Waals surface area contributed by atoms with Crippen LogP contribution < -0.4 is 5.73 Å². The lowest BCUT2D eigenvalue weighted by Crippen LogP contribution is -2.05. The summed E-state index contributed by atoms with van der Waals surface area (Å²) in [4.78, 5) is 11.4. The second-order valence-corrected chi connectivity index (χ2v) is 3.86. The van der Waals surface area contributed by atoms with Gasteiger partial charge in [-0.2, -0.15) is 0 Å². The number of hydrogen-bond acceptors (Lipinski definition) is 3. The molecule has 3 nitrogen and oxygen atoms in total. The molecule has 0 radical (unpaired) electrons. The molecular weight excluding hydrogens is 261 g/mol. The molecule has 17 heavy (non-hydrogen) atoms. The Morgan fingerprint density at radius 1 is 1.24 bits per heavy atom. The molecule has 2 aromatic rings. The van der Waals surface area contributed by atoms with E-state index in [1.807, 2.05) is 6.07 Å². The number of hydrogen-bond donors (Lipinski definition) is 1. The molecule has 0 unspecified atom stereocenters. The number of nitrogen functional groups attached to an aromatic ring is 1. The van der Waals surface area contributed by atoms with Gasteiger partial charge in [-0.3, -0.25) is 0 Å². The number of ether oxygens (including phenoxy) is 1. The number of carbonyl (C=O) groups excluding carboxylic acids is 1. The highest BCUT2D eigenvalue weighted by Crippen LogP contribution is 2.25. The summed E-state index contributed by atoms with van der Waals surface area (Å²) in [5.41, 5.74) is 6.53. The molecule has 0 saturated carbocycles. The van der Waals surface area contributed by atoms with Gasteiger partial charge in [-0.1, -0.05) is 17.7 Å². The van der Waals surface area contributed by atoms with Crippen molar-refractivity contribution in [3.8, 4) is 0 Å². The third kappa shape index (κ3) is 2.62. The predicted molar refractivity (Wildman–Crippen MR) is 72.0 cm³/mol. The van der Waals surface area contributed by atoms with Crippen molar-refractivity contribution in [3.05, 3.63) is 40.9 Å². The fourth-order valence-electron chi connectivity index (χ4n) is 1.57. The second kappa shape index (κ2) is 5.25. The van der Waals surface area contributed by atoms with E-state index in [1.54, 1.807) is 24.3 Å². The average Bonchev–Trinajstić information content (AvgIpc) is 2.27. The molecule has 0 aromatic heterocycles. The molecule has 0 aliphatic rings. The van der Waals surface area contributed by atoms with Crippen LogP contribution in [-0.4, -0.2) is 13.1 Å². The highest BCUT2D eigenvalue weighted by Gasteiger charge is 2.10. The molecule has 2 aromatic carbocycles. The lowest BCUT2D eigenvalue weighted by molar-refractivity contribution is 0.0602. The molecule has 0 heterocycles. The van der Waals surface area contributed by atoms with Gasteiger partial charge in [0, 0.05) is 10.7 Å². The highest BCUT2D eigenvalue weighted by molar-refractivity contribution is 6.31. The number of benzene rings is 2. The van der Waals surface area contributed by atoms with Gasteiger partial charge in [0.2, 0.25) is 0 Å². The van der Waals surface area contributed by atoms with Gasteiger partial charge in [0.05, 0.1) is 12.7 Å². The summed E-state index contributed by atoms with van der Waals surface area (Å²) in [5.74, 6) is -0.436. The summed E-state index contributed by atoms with van der Waals surface area (Å²) < 4.78 is 4.64. The topological polar surface area (TPSA) is 52.3 Å². The Morgan fingerprint density at radius 3 is 2.59 bits per heavy atom. The highest BCUT2D eigenvalue weighted by atomic mass is 35.5. The van der Waals surface area contributed by atoms with Crippen LogP contribution in [0.5, 0.6) is 0 Å². The van der Waals surface area contributed by atoms with Crippen LogP contribution in [0.3, 0.4) is 0 Å². The Bertz CT molecular complexity index is 570. The lowest BCUT2D eigenvalue weighted by atomic mass is 10.1. The van der Waals surface area contributed by atoms with Crippen LogP contribution in [0.2, 0.25) is 5.02 Å². The van der Waals surface area contributed by atoms with E-state index >= 15 is 0 Å². The standard InChI is InChI=1S/C12H10ClNO2.ClH/c1-16-12(15)10-5-7-2-3-9(13)4-8(7)6-11(10)14;/h2-6H,14H2,1H3;1H. The van der Waals surface area contributed by atoms with Crippen molar-refractivity contribution in [1.29, 1.82) is 0 Å². The molecule has 0 atom stereocenters. The number of anilines is 1. The minimum atomic E-state index is -0.436. The number of rotatable bonds is 1. The average molecular weight is 272 g/mol. The van der Waals surface area contributed by atoms with Crippen molar-refractivity contribution in [2.45, 2.75) is 0 Å². The Hall–Kier alpha value is -1.45. The molecule has 0 saturated heterocycles. The van der Waals surface area contributed by atoms with Crippen LogP contribution in [0.25, 0.3) is 10.8 Å². The normalized spacial score (nSPS) is 9.76. The number of esters is 1. The van der Waals surface area contributed by atoms with Gasteiger partial charge in [-0.25, -0.2) is 4.79 Å². The first-order valence-corrected chi connectivity index (χ1v) is 5.06. The summed E-state index contributed by atoms with van der Waals surface area (Å²) in [6.07, 6.45) is 0. The van der Waals surface area contributed by atoms with Crippen molar-refractivity contribution in [1.82, 2.24) is 0 Å². The zero-order chi connectivity index (χ0) is 11.7. The van der Waals surface area contributed by atoms with Crippen molar-refractivity contribution in [2.24, 2.45) is 0 Å². The number of methoxy groups -OCH3 is 1. The fourth-order valence-corrected chi connectivity index (χ4v) is 1.75. The number of fused-ring (bicyclic) bond motifs is 1. The van der Waals surface area contributed by atoms with Gasteiger partial charge in [0.25, 0.3) is 0 Å². The second-order valence-electron chi connectivity index (χ2n) is 3.42. The molecule has 5 heteroatoms. The Morgan fingerprint density at radius 2 is 1.94 bits per heavy atom. The quantitative estimate of drug-likeness (QED) is 0.640.